The van der Waals surface area contributed by atoms with Crippen molar-refractivity contribution in [3.8, 4) is 11.5 Å². The Labute approximate surface area is 135 Å². The van der Waals surface area contributed by atoms with Gasteiger partial charge in [0.25, 0.3) is 4.92 Å². The van der Waals surface area contributed by atoms with Gasteiger partial charge >= 0.3 is 11.7 Å². The van der Waals surface area contributed by atoms with Gasteiger partial charge in [0.1, 0.15) is 0 Å². The molecule has 0 amide bonds. The smallest absolute Gasteiger partial charge is 0.329 e. The van der Waals surface area contributed by atoms with Gasteiger partial charge in [-0.15, -0.1) is 5.10 Å². The molecule has 0 atom stereocenters. The van der Waals surface area contributed by atoms with E-state index in [9.17, 15) is 14.9 Å². The molecule has 2 N–H and O–H groups in total. The van der Waals surface area contributed by atoms with Gasteiger partial charge in [0, 0.05) is 6.07 Å². The highest BCUT2D eigenvalue weighted by atomic mass is 32.2. The predicted molar refractivity (Wildman–Crippen MR) is 83.1 cm³/mol. The van der Waals surface area contributed by atoms with Crippen molar-refractivity contribution in [2.75, 3.05) is 12.5 Å². The number of ether oxygens (including phenoxy) is 2. The maximum absolute atomic E-state index is 11.3. The number of fused-ring (bicyclic) bond motifs is 1. The fourth-order valence-corrected chi connectivity index (χ4v) is 2.20. The summed E-state index contributed by atoms with van der Waals surface area (Å²) >= 11 is 1.03. The topological polar surface area (TPSA) is 121 Å². The number of carboxylic acids is 1. The molecular formula is C13H14N3O6S+. The van der Waals surface area contributed by atoms with E-state index in [0.29, 0.717) is 27.8 Å². The number of hydrogen-bond acceptors (Lipinski definition) is 7. The molecule has 2 rings (SSSR count). The van der Waals surface area contributed by atoms with Gasteiger partial charge in [-0.25, -0.2) is 5.21 Å². The average molecular weight is 340 g/mol. The highest BCUT2D eigenvalue weighted by Crippen LogP contribution is 2.38. The summed E-state index contributed by atoms with van der Waals surface area (Å²) in [6.45, 7) is 3.25. The van der Waals surface area contributed by atoms with Crippen LogP contribution >= 0.6 is 11.8 Å². The van der Waals surface area contributed by atoms with Crippen LogP contribution in [0.4, 0.5) is 5.69 Å². The van der Waals surface area contributed by atoms with Crippen LogP contribution in [0.25, 0.3) is 0 Å². The Kier molecular flexibility index (Phi) is 5.16. The van der Waals surface area contributed by atoms with E-state index in [1.165, 1.54) is 12.1 Å². The van der Waals surface area contributed by atoms with E-state index in [4.69, 9.17) is 14.6 Å². The molecule has 1 aromatic carbocycles. The molecule has 9 nitrogen and oxygen atoms in total. The molecule has 23 heavy (non-hydrogen) atoms. The number of thioether (sulfide) groups is 1. The zero-order chi connectivity index (χ0) is 17.0. The number of rotatable bonds is 5. The first kappa shape index (κ1) is 16.7. The van der Waals surface area contributed by atoms with Crippen molar-refractivity contribution in [1.82, 2.24) is 0 Å². The van der Waals surface area contributed by atoms with Crippen molar-refractivity contribution < 1.29 is 29.5 Å². The Hall–Kier alpha value is -2.62. The minimum Gasteiger partial charge on any atom is -0.481 e. The molecule has 1 aromatic rings. The van der Waals surface area contributed by atoms with Crippen molar-refractivity contribution in [3.05, 3.63) is 22.6 Å². The molecule has 1 heterocycles. The van der Waals surface area contributed by atoms with Gasteiger partial charge in [0.15, 0.2) is 11.5 Å². The van der Waals surface area contributed by atoms with Crippen LogP contribution in [0, 0.1) is 4.91 Å². The molecule has 0 aliphatic carbocycles. The maximum Gasteiger partial charge on any atom is 0.329 e. The monoisotopic (exact) mass is 340 g/mol. The molecule has 122 valence electrons. The SMILES string of the molecule is C/C(=N\N=C(/C)c1cc2c(cc1[N+](=O)O)OCO2)SCC(=O)O. The second-order valence-corrected chi connectivity index (χ2v) is 5.65. The number of aliphatic carboxylic acids is 1. The Bertz CT molecular complexity index is 716. The second kappa shape index (κ2) is 7.09. The Morgan fingerprint density at radius 3 is 2.57 bits per heavy atom. The first-order valence-electron chi connectivity index (χ1n) is 6.42. The molecule has 1 aliphatic heterocycles. The Morgan fingerprint density at radius 2 is 1.96 bits per heavy atom. The van der Waals surface area contributed by atoms with E-state index < -0.39 is 5.97 Å². The van der Waals surface area contributed by atoms with Gasteiger partial charge in [-0.3, -0.25) is 4.79 Å². The Balaban J connectivity index is 2.29. The maximum atomic E-state index is 11.3. The van der Waals surface area contributed by atoms with E-state index >= 15 is 0 Å². The lowest BCUT2D eigenvalue weighted by molar-refractivity contribution is -0.729. The fraction of sp³-hybridized carbons (Fsp3) is 0.308. The lowest BCUT2D eigenvalue weighted by Gasteiger charge is -2.02. The van der Waals surface area contributed by atoms with E-state index in [1.54, 1.807) is 13.8 Å². The van der Waals surface area contributed by atoms with Crippen molar-refractivity contribution in [1.29, 1.82) is 0 Å². The molecule has 1 aliphatic rings. The van der Waals surface area contributed by atoms with Crippen LogP contribution < -0.4 is 9.47 Å². The molecule has 0 radical (unpaired) electrons. The summed E-state index contributed by atoms with van der Waals surface area (Å²) in [5.41, 5.74) is 0.622. The summed E-state index contributed by atoms with van der Waals surface area (Å²) in [5.74, 6) is -0.292. The lowest BCUT2D eigenvalue weighted by atomic mass is 10.1. The first-order chi connectivity index (χ1) is 10.9. The number of carboxylic acid groups (broad SMARTS) is 1. The highest BCUT2D eigenvalue weighted by Gasteiger charge is 2.27. The third kappa shape index (κ3) is 4.19. The fourth-order valence-electron chi connectivity index (χ4n) is 1.77. The molecule has 0 spiro atoms. The summed E-state index contributed by atoms with van der Waals surface area (Å²) in [6, 6.07) is 2.87. The number of nitrogens with zero attached hydrogens (tertiary/aromatic N) is 3. The van der Waals surface area contributed by atoms with E-state index in [2.05, 4.69) is 10.2 Å². The van der Waals surface area contributed by atoms with Crippen molar-refractivity contribution in [3.63, 3.8) is 0 Å². The summed E-state index contributed by atoms with van der Waals surface area (Å²) in [7, 11) is 0. The van der Waals surface area contributed by atoms with E-state index in [0.717, 1.165) is 11.8 Å². The normalized spacial score (nSPS) is 14.0. The summed E-state index contributed by atoms with van der Waals surface area (Å²) in [4.78, 5) is 21.5. The van der Waals surface area contributed by atoms with Crippen LogP contribution in [0.2, 0.25) is 0 Å². The zero-order valence-corrected chi connectivity index (χ0v) is 13.2. The van der Waals surface area contributed by atoms with Crippen LogP contribution in [0.3, 0.4) is 0 Å². The second-order valence-electron chi connectivity index (χ2n) is 4.48. The lowest BCUT2D eigenvalue weighted by Crippen LogP contribution is -2.03. The highest BCUT2D eigenvalue weighted by molar-refractivity contribution is 8.14. The van der Waals surface area contributed by atoms with Gasteiger partial charge in [0.05, 0.1) is 33.0 Å². The predicted octanol–water partition coefficient (Wildman–Crippen LogP) is 2.18. The molecule has 10 heteroatoms. The van der Waals surface area contributed by atoms with Crippen molar-refractivity contribution in [2.24, 2.45) is 10.2 Å². The average Bonchev–Trinajstić information content (AvgIpc) is 2.96. The van der Waals surface area contributed by atoms with Crippen LogP contribution in [-0.4, -0.2) is 44.5 Å². The van der Waals surface area contributed by atoms with Gasteiger partial charge in [-0.05, 0) is 13.8 Å². The van der Waals surface area contributed by atoms with Gasteiger partial charge in [-0.1, -0.05) is 11.8 Å². The zero-order valence-electron chi connectivity index (χ0n) is 12.3. The van der Waals surface area contributed by atoms with Gasteiger partial charge in [0.2, 0.25) is 6.79 Å². The third-order valence-corrected chi connectivity index (χ3v) is 3.72. The van der Waals surface area contributed by atoms with Gasteiger partial charge < -0.3 is 14.6 Å². The standard InChI is InChI=1S/C13H13N3O6S/c1-7(14-15-8(2)23-5-13(17)18)9-3-11-12(22-6-21-11)4-10(9)16(19)20/h3-4H,5-6H2,1-2H3,(H-,17,18,19,20)/p+1/b14-7+,15-8+. The molecule has 0 saturated heterocycles. The summed E-state index contributed by atoms with van der Waals surface area (Å²) in [5, 5.41) is 26.1. The quantitative estimate of drug-likeness (QED) is 0.478. The van der Waals surface area contributed by atoms with E-state index in [-0.39, 0.29) is 23.2 Å². The molecule has 0 bridgehead atoms. The number of benzene rings is 1. The molecule has 0 unspecified atom stereocenters. The molecule has 0 saturated carbocycles. The summed E-state index contributed by atoms with van der Waals surface area (Å²) in [6.07, 6.45) is 0. The van der Waals surface area contributed by atoms with Crippen molar-refractivity contribution >= 4 is 34.2 Å². The first-order valence-corrected chi connectivity index (χ1v) is 7.40. The largest absolute Gasteiger partial charge is 0.481 e. The van der Waals surface area contributed by atoms with Crippen LogP contribution in [-0.2, 0) is 4.79 Å². The third-order valence-electron chi connectivity index (χ3n) is 2.83. The van der Waals surface area contributed by atoms with Crippen LogP contribution in [0.1, 0.15) is 19.4 Å². The summed E-state index contributed by atoms with van der Waals surface area (Å²) < 4.78 is 10.4. The van der Waals surface area contributed by atoms with Crippen molar-refractivity contribution in [2.45, 2.75) is 13.8 Å². The van der Waals surface area contributed by atoms with Crippen LogP contribution in [0.15, 0.2) is 22.3 Å². The molecular weight excluding hydrogens is 326 g/mol. The minimum atomic E-state index is -0.953. The molecule has 0 aromatic heterocycles. The number of hydrogen-bond donors (Lipinski definition) is 2. The minimum absolute atomic E-state index is 0.0296. The number of carbonyl (C=O) groups is 1. The van der Waals surface area contributed by atoms with E-state index in [1.807, 2.05) is 0 Å². The molecule has 0 fully saturated rings. The van der Waals surface area contributed by atoms with Crippen LogP contribution in [0.5, 0.6) is 11.5 Å². The van der Waals surface area contributed by atoms with Gasteiger partial charge in [-0.2, -0.15) is 5.10 Å². The Morgan fingerprint density at radius 1 is 1.30 bits per heavy atom.